The minimum Gasteiger partial charge on any atom is -0.496 e. The number of halogens is 1. The van der Waals surface area contributed by atoms with E-state index in [1.54, 1.807) is 6.07 Å². The van der Waals surface area contributed by atoms with Gasteiger partial charge in [0.05, 0.1) is 13.7 Å². The van der Waals surface area contributed by atoms with Crippen molar-refractivity contribution >= 4 is 9.04 Å². The van der Waals surface area contributed by atoms with Crippen molar-refractivity contribution in [3.8, 4) is 5.75 Å². The number of hydrogen-bond donors (Lipinski definition) is 0. The summed E-state index contributed by atoms with van der Waals surface area (Å²) in [5.74, 6) is 0.270. The third-order valence-electron chi connectivity index (χ3n) is 1.82. The first kappa shape index (κ1) is 11.2. The first-order chi connectivity index (χ1) is 6.63. The van der Waals surface area contributed by atoms with Crippen LogP contribution in [0.15, 0.2) is 18.2 Å². The molecule has 0 saturated heterocycles. The topological polar surface area (TPSA) is 18.5 Å². The molecular formula is C10H15FO2Si. The molecule has 0 N–H and O–H groups in total. The van der Waals surface area contributed by atoms with Crippen molar-refractivity contribution in [3.63, 3.8) is 0 Å². The van der Waals surface area contributed by atoms with E-state index in [1.165, 1.54) is 19.2 Å². The van der Waals surface area contributed by atoms with Gasteiger partial charge in [0.2, 0.25) is 0 Å². The van der Waals surface area contributed by atoms with Gasteiger partial charge in [-0.3, -0.25) is 0 Å². The van der Waals surface area contributed by atoms with E-state index in [2.05, 4.69) is 13.1 Å². The molecule has 2 nitrogen and oxygen atoms in total. The van der Waals surface area contributed by atoms with Crippen molar-refractivity contribution in [2.24, 2.45) is 0 Å². The molecule has 0 saturated carbocycles. The highest BCUT2D eigenvalue weighted by molar-refractivity contribution is 6.48. The Labute approximate surface area is 85.4 Å². The molecule has 1 aromatic carbocycles. The standard InChI is InChI=1S/C10H15FO2Si/c1-12-10-6-9(11)5-4-8(10)7-13-14(2)3/h4-6,14H,7H2,1-3H3. The van der Waals surface area contributed by atoms with E-state index in [9.17, 15) is 4.39 Å². The Morgan fingerprint density at radius 3 is 2.64 bits per heavy atom. The van der Waals surface area contributed by atoms with Crippen LogP contribution in [0.5, 0.6) is 5.75 Å². The maximum atomic E-state index is 12.8. The zero-order valence-corrected chi connectivity index (χ0v) is 9.87. The fourth-order valence-electron chi connectivity index (χ4n) is 1.09. The van der Waals surface area contributed by atoms with Crippen LogP contribution in [-0.2, 0) is 11.0 Å². The molecule has 0 fully saturated rings. The highest BCUT2D eigenvalue weighted by Crippen LogP contribution is 2.20. The van der Waals surface area contributed by atoms with Crippen molar-refractivity contribution in [2.75, 3.05) is 7.11 Å². The molecule has 0 aromatic heterocycles. The monoisotopic (exact) mass is 214 g/mol. The van der Waals surface area contributed by atoms with E-state index in [-0.39, 0.29) is 5.82 Å². The second-order valence-electron chi connectivity index (χ2n) is 3.32. The molecule has 0 unspecified atom stereocenters. The zero-order chi connectivity index (χ0) is 10.6. The Bertz CT molecular complexity index is 302. The van der Waals surface area contributed by atoms with Gasteiger partial charge in [-0.2, -0.15) is 0 Å². The summed E-state index contributed by atoms with van der Waals surface area (Å²) in [7, 11) is 0.499. The van der Waals surface area contributed by atoms with Crippen LogP contribution in [0.25, 0.3) is 0 Å². The number of ether oxygens (including phenoxy) is 1. The predicted octanol–water partition coefficient (Wildman–Crippen LogP) is 2.33. The van der Waals surface area contributed by atoms with Crippen molar-refractivity contribution in [2.45, 2.75) is 19.7 Å². The summed E-state index contributed by atoms with van der Waals surface area (Å²) in [6.45, 7) is 4.69. The van der Waals surface area contributed by atoms with Gasteiger partial charge in [-0.1, -0.05) is 6.07 Å². The van der Waals surface area contributed by atoms with E-state index in [0.717, 1.165) is 5.56 Å². The summed E-state index contributed by atoms with van der Waals surface area (Å²) in [5.41, 5.74) is 0.898. The molecule has 0 radical (unpaired) electrons. The summed E-state index contributed by atoms with van der Waals surface area (Å²) >= 11 is 0. The Morgan fingerprint density at radius 1 is 1.36 bits per heavy atom. The Balaban J connectivity index is 2.75. The van der Waals surface area contributed by atoms with Gasteiger partial charge in [0.25, 0.3) is 0 Å². The van der Waals surface area contributed by atoms with Gasteiger partial charge in [-0.05, 0) is 19.2 Å². The molecule has 0 amide bonds. The normalized spacial score (nSPS) is 10.6. The molecular weight excluding hydrogens is 199 g/mol. The second kappa shape index (κ2) is 5.12. The molecule has 1 rings (SSSR count). The zero-order valence-electron chi connectivity index (χ0n) is 8.71. The third-order valence-corrected chi connectivity index (χ3v) is 2.65. The van der Waals surface area contributed by atoms with Gasteiger partial charge >= 0.3 is 0 Å². The van der Waals surface area contributed by atoms with Gasteiger partial charge in [0.1, 0.15) is 11.6 Å². The lowest BCUT2D eigenvalue weighted by molar-refractivity contribution is 0.303. The molecule has 1 aromatic rings. The average Bonchev–Trinajstić information content (AvgIpc) is 2.15. The molecule has 0 aliphatic carbocycles. The molecule has 0 spiro atoms. The van der Waals surface area contributed by atoms with Crippen molar-refractivity contribution in [1.82, 2.24) is 0 Å². The molecule has 4 heteroatoms. The lowest BCUT2D eigenvalue weighted by Crippen LogP contribution is -2.08. The SMILES string of the molecule is COc1cc(F)ccc1CO[SiH](C)C. The first-order valence-electron chi connectivity index (χ1n) is 4.57. The Kier molecular flexibility index (Phi) is 4.10. The number of hydrogen-bond acceptors (Lipinski definition) is 2. The fraction of sp³-hybridized carbons (Fsp3) is 0.400. The van der Waals surface area contributed by atoms with Crippen molar-refractivity contribution in [1.29, 1.82) is 0 Å². The molecule has 0 bridgehead atoms. The first-order valence-corrected chi connectivity index (χ1v) is 7.35. The van der Waals surface area contributed by atoms with Crippen LogP contribution in [0, 0.1) is 5.82 Å². The van der Waals surface area contributed by atoms with E-state index < -0.39 is 9.04 Å². The van der Waals surface area contributed by atoms with Crippen LogP contribution in [0.4, 0.5) is 4.39 Å². The van der Waals surface area contributed by atoms with Gasteiger partial charge in [-0.25, -0.2) is 4.39 Å². The molecule has 78 valence electrons. The third kappa shape index (κ3) is 3.12. The van der Waals surface area contributed by atoms with Crippen LogP contribution in [0.2, 0.25) is 13.1 Å². The molecule has 0 aliphatic rings. The van der Waals surface area contributed by atoms with Crippen molar-refractivity contribution < 1.29 is 13.6 Å². The largest absolute Gasteiger partial charge is 0.496 e. The average molecular weight is 214 g/mol. The van der Waals surface area contributed by atoms with Gasteiger partial charge in [-0.15, -0.1) is 0 Å². The summed E-state index contributed by atoms with van der Waals surface area (Å²) in [5, 5.41) is 0. The number of benzene rings is 1. The summed E-state index contributed by atoms with van der Waals surface area (Å²) in [4.78, 5) is 0. The van der Waals surface area contributed by atoms with Gasteiger partial charge in [0.15, 0.2) is 9.04 Å². The fourth-order valence-corrected chi connectivity index (χ4v) is 1.61. The van der Waals surface area contributed by atoms with Gasteiger partial charge in [0, 0.05) is 11.6 Å². The van der Waals surface area contributed by atoms with Crippen LogP contribution >= 0.6 is 0 Å². The maximum absolute atomic E-state index is 12.8. The summed E-state index contributed by atoms with van der Waals surface area (Å²) < 4.78 is 23.4. The van der Waals surface area contributed by atoms with Crippen LogP contribution in [-0.4, -0.2) is 16.2 Å². The second-order valence-corrected chi connectivity index (χ2v) is 5.75. The van der Waals surface area contributed by atoms with Gasteiger partial charge < -0.3 is 9.16 Å². The van der Waals surface area contributed by atoms with Crippen LogP contribution in [0.3, 0.4) is 0 Å². The molecule has 0 heterocycles. The highest BCUT2D eigenvalue weighted by Gasteiger charge is 2.05. The van der Waals surface area contributed by atoms with E-state index in [4.69, 9.17) is 9.16 Å². The number of methoxy groups -OCH3 is 1. The minimum absolute atomic E-state index is 0.285. The lowest BCUT2D eigenvalue weighted by Gasteiger charge is -2.10. The molecule has 0 aliphatic heterocycles. The van der Waals surface area contributed by atoms with E-state index in [0.29, 0.717) is 12.4 Å². The Hall–Kier alpha value is -0.873. The summed E-state index contributed by atoms with van der Waals surface area (Å²) in [6, 6.07) is 4.49. The Morgan fingerprint density at radius 2 is 2.07 bits per heavy atom. The van der Waals surface area contributed by atoms with E-state index >= 15 is 0 Å². The van der Waals surface area contributed by atoms with E-state index in [1.807, 2.05) is 0 Å². The minimum atomic E-state index is -1.03. The van der Waals surface area contributed by atoms with Crippen molar-refractivity contribution in [3.05, 3.63) is 29.6 Å². The van der Waals surface area contributed by atoms with Crippen LogP contribution in [0.1, 0.15) is 5.56 Å². The highest BCUT2D eigenvalue weighted by atomic mass is 28.3. The quantitative estimate of drug-likeness (QED) is 0.716. The number of rotatable bonds is 4. The van der Waals surface area contributed by atoms with Crippen LogP contribution < -0.4 is 4.74 Å². The molecule has 0 atom stereocenters. The molecule has 14 heavy (non-hydrogen) atoms. The maximum Gasteiger partial charge on any atom is 0.171 e. The summed E-state index contributed by atoms with van der Waals surface area (Å²) in [6.07, 6.45) is 0. The lowest BCUT2D eigenvalue weighted by atomic mass is 10.2. The smallest absolute Gasteiger partial charge is 0.171 e. The predicted molar refractivity (Wildman–Crippen MR) is 56.6 cm³/mol.